The molecule has 1 N–H and O–H groups in total. The molecule has 0 bridgehead atoms. The van der Waals surface area contributed by atoms with Crippen LogP contribution in [0.2, 0.25) is 0 Å². The van der Waals surface area contributed by atoms with E-state index in [4.69, 9.17) is 0 Å². The van der Waals surface area contributed by atoms with Gasteiger partial charge in [-0.25, -0.2) is 4.79 Å². The van der Waals surface area contributed by atoms with E-state index >= 15 is 0 Å². The number of carbonyl (C=O) groups excluding carboxylic acids is 1. The Bertz CT molecular complexity index is 865. The number of aromatic nitrogens is 3. The monoisotopic (exact) mass is 370 g/mol. The molecule has 1 aliphatic rings. The van der Waals surface area contributed by atoms with Gasteiger partial charge < -0.3 is 19.3 Å². The summed E-state index contributed by atoms with van der Waals surface area (Å²) in [6.07, 6.45) is -4.90. The lowest BCUT2D eigenvalue weighted by molar-refractivity contribution is -0.274. The first-order valence-electron chi connectivity index (χ1n) is 7.44. The van der Waals surface area contributed by atoms with E-state index in [1.165, 1.54) is 12.1 Å². The number of halogens is 3. The van der Waals surface area contributed by atoms with Gasteiger partial charge in [-0.2, -0.15) is 0 Å². The highest BCUT2D eigenvalue weighted by atomic mass is 19.4. The highest BCUT2D eigenvalue weighted by molar-refractivity contribution is 5.97. The van der Waals surface area contributed by atoms with Gasteiger partial charge in [0.2, 0.25) is 0 Å². The Morgan fingerprint density at radius 1 is 1.31 bits per heavy atom. The molecular weight excluding hydrogens is 357 g/mol. The Morgan fingerprint density at radius 3 is 2.69 bits per heavy atom. The Morgan fingerprint density at radius 2 is 2.04 bits per heavy atom. The average molecular weight is 370 g/mol. The summed E-state index contributed by atoms with van der Waals surface area (Å²) in [7, 11) is 0. The molecule has 1 aromatic heterocycles. The highest BCUT2D eigenvalue weighted by Crippen LogP contribution is 2.25. The Labute approximate surface area is 144 Å². The van der Waals surface area contributed by atoms with Crippen LogP contribution >= 0.6 is 0 Å². The van der Waals surface area contributed by atoms with Gasteiger partial charge in [-0.15, -0.1) is 23.4 Å². The lowest BCUT2D eigenvalue weighted by atomic mass is 10.1. The van der Waals surface area contributed by atoms with Crippen LogP contribution in [0.3, 0.4) is 0 Å². The van der Waals surface area contributed by atoms with Gasteiger partial charge in [-0.1, -0.05) is 6.07 Å². The minimum absolute atomic E-state index is 0.0476. The topological polar surface area (TPSA) is 97.5 Å². The second-order valence-corrected chi connectivity index (χ2v) is 5.64. The molecule has 8 nitrogen and oxygen atoms in total. The number of aliphatic carboxylic acids is 1. The number of ether oxygens (including phenoxy) is 1. The molecular formula is C15H13F3N4O4. The van der Waals surface area contributed by atoms with E-state index in [1.807, 2.05) is 0 Å². The number of fused-ring (bicyclic) bond motifs is 1. The zero-order chi connectivity index (χ0) is 19.1. The molecule has 1 aromatic carbocycles. The fourth-order valence-electron chi connectivity index (χ4n) is 2.73. The molecule has 138 valence electrons. The molecule has 1 aliphatic heterocycles. The van der Waals surface area contributed by atoms with E-state index in [0.29, 0.717) is 11.6 Å². The number of amides is 1. The number of aryl methyl sites for hydroxylation is 1. The number of hydrogen-bond acceptors (Lipinski definition) is 5. The van der Waals surface area contributed by atoms with E-state index in [0.717, 1.165) is 17.0 Å². The van der Waals surface area contributed by atoms with Gasteiger partial charge >= 0.3 is 12.3 Å². The maximum absolute atomic E-state index is 12.7. The van der Waals surface area contributed by atoms with E-state index in [2.05, 4.69) is 14.9 Å². The van der Waals surface area contributed by atoms with Crippen molar-refractivity contribution in [2.24, 2.45) is 0 Å². The van der Waals surface area contributed by atoms with E-state index in [9.17, 15) is 27.9 Å². The molecule has 1 atom stereocenters. The summed E-state index contributed by atoms with van der Waals surface area (Å²) in [5.41, 5.74) is -0.123. The SMILES string of the molecule is Cc1nnc2n1CC(C(=O)O)N(C(=O)c1cccc(OC(F)(F)F)c1)C2. The molecule has 0 saturated heterocycles. The largest absolute Gasteiger partial charge is 0.573 e. The fraction of sp³-hybridized carbons (Fsp3) is 0.333. The lowest BCUT2D eigenvalue weighted by Gasteiger charge is -2.33. The summed E-state index contributed by atoms with van der Waals surface area (Å²) >= 11 is 0. The average Bonchev–Trinajstić information content (AvgIpc) is 2.92. The van der Waals surface area contributed by atoms with Gasteiger partial charge in [0.05, 0.1) is 13.1 Å². The molecule has 2 heterocycles. The van der Waals surface area contributed by atoms with E-state index in [-0.39, 0.29) is 18.7 Å². The highest BCUT2D eigenvalue weighted by Gasteiger charge is 2.37. The van der Waals surface area contributed by atoms with Gasteiger partial charge in [-0.3, -0.25) is 4.79 Å². The lowest BCUT2D eigenvalue weighted by Crippen LogP contribution is -2.50. The van der Waals surface area contributed by atoms with Crippen molar-refractivity contribution < 1.29 is 32.6 Å². The summed E-state index contributed by atoms with van der Waals surface area (Å²) in [5.74, 6) is -1.63. The molecule has 0 spiro atoms. The molecule has 1 amide bonds. The minimum Gasteiger partial charge on any atom is -0.480 e. The van der Waals surface area contributed by atoms with Crippen molar-refractivity contribution in [2.75, 3.05) is 0 Å². The van der Waals surface area contributed by atoms with Crippen LogP contribution in [-0.2, 0) is 17.9 Å². The summed E-state index contributed by atoms with van der Waals surface area (Å²) in [4.78, 5) is 25.3. The number of alkyl halides is 3. The molecule has 11 heteroatoms. The number of nitrogens with zero attached hydrogens (tertiary/aromatic N) is 4. The Kier molecular flexibility index (Phi) is 4.30. The maximum atomic E-state index is 12.7. The van der Waals surface area contributed by atoms with Crippen LogP contribution in [0.1, 0.15) is 22.0 Å². The zero-order valence-electron chi connectivity index (χ0n) is 13.4. The van der Waals surface area contributed by atoms with E-state index < -0.39 is 30.0 Å². The van der Waals surface area contributed by atoms with E-state index in [1.54, 1.807) is 11.5 Å². The molecule has 0 fully saturated rings. The predicted octanol–water partition coefficient (Wildman–Crippen LogP) is 1.59. The molecule has 0 saturated carbocycles. The van der Waals surface area contributed by atoms with Crippen molar-refractivity contribution in [3.05, 3.63) is 41.5 Å². The number of benzene rings is 1. The zero-order valence-corrected chi connectivity index (χ0v) is 13.4. The van der Waals surface area contributed by atoms with Crippen molar-refractivity contribution >= 4 is 11.9 Å². The molecule has 3 rings (SSSR count). The molecule has 26 heavy (non-hydrogen) atoms. The predicted molar refractivity (Wildman–Crippen MR) is 79.2 cm³/mol. The molecule has 0 aliphatic carbocycles. The number of rotatable bonds is 3. The van der Waals surface area contributed by atoms with Crippen LogP contribution in [0.15, 0.2) is 24.3 Å². The van der Waals surface area contributed by atoms with Crippen LogP contribution in [0.4, 0.5) is 13.2 Å². The van der Waals surface area contributed by atoms with Gasteiger partial charge in [0.15, 0.2) is 5.82 Å². The molecule has 1 unspecified atom stereocenters. The van der Waals surface area contributed by atoms with Crippen LogP contribution in [-0.4, -0.2) is 49.1 Å². The maximum Gasteiger partial charge on any atom is 0.573 e. The first kappa shape index (κ1) is 17.7. The van der Waals surface area contributed by atoms with Crippen LogP contribution in [0, 0.1) is 6.92 Å². The normalized spacial score (nSPS) is 16.9. The smallest absolute Gasteiger partial charge is 0.480 e. The Hall–Kier alpha value is -3.11. The van der Waals surface area contributed by atoms with Crippen molar-refractivity contribution in [1.29, 1.82) is 0 Å². The summed E-state index contributed by atoms with van der Waals surface area (Å²) < 4.78 is 42.4. The van der Waals surface area contributed by atoms with Crippen LogP contribution in [0.25, 0.3) is 0 Å². The number of carboxylic acids is 1. The third kappa shape index (κ3) is 3.46. The first-order valence-corrected chi connectivity index (χ1v) is 7.44. The van der Waals surface area contributed by atoms with Gasteiger partial charge in [0, 0.05) is 5.56 Å². The number of hydrogen-bond donors (Lipinski definition) is 1. The standard InChI is InChI=1S/C15H13F3N4O4/c1-8-19-20-12-7-22(11(14(24)25)6-21(8)12)13(23)9-3-2-4-10(5-9)26-15(16,17)18/h2-5,11H,6-7H2,1H3,(H,24,25). The molecule has 0 radical (unpaired) electrons. The van der Waals surface area contributed by atoms with Crippen molar-refractivity contribution in [3.8, 4) is 5.75 Å². The van der Waals surface area contributed by atoms with Crippen molar-refractivity contribution in [3.63, 3.8) is 0 Å². The van der Waals surface area contributed by atoms with Crippen LogP contribution < -0.4 is 4.74 Å². The summed E-state index contributed by atoms with van der Waals surface area (Å²) in [6.45, 7) is 1.49. The quantitative estimate of drug-likeness (QED) is 0.881. The Balaban J connectivity index is 1.91. The summed E-state index contributed by atoms with van der Waals surface area (Å²) in [6, 6.07) is 3.28. The number of carbonyl (C=O) groups is 2. The fourth-order valence-corrected chi connectivity index (χ4v) is 2.73. The van der Waals surface area contributed by atoms with Crippen molar-refractivity contribution in [1.82, 2.24) is 19.7 Å². The van der Waals surface area contributed by atoms with Gasteiger partial charge in [-0.05, 0) is 25.1 Å². The minimum atomic E-state index is -4.90. The van der Waals surface area contributed by atoms with Gasteiger partial charge in [0.1, 0.15) is 17.6 Å². The van der Waals surface area contributed by atoms with Gasteiger partial charge in [0.25, 0.3) is 5.91 Å². The summed E-state index contributed by atoms with van der Waals surface area (Å²) in [5, 5.41) is 17.2. The second kappa shape index (κ2) is 6.32. The second-order valence-electron chi connectivity index (χ2n) is 5.64. The molecule has 2 aromatic rings. The third-order valence-corrected chi connectivity index (χ3v) is 3.92. The van der Waals surface area contributed by atoms with Crippen molar-refractivity contribution in [2.45, 2.75) is 32.4 Å². The number of carboxylic acid groups (broad SMARTS) is 1. The third-order valence-electron chi connectivity index (χ3n) is 3.92. The first-order chi connectivity index (χ1) is 12.2. The van der Waals surface area contributed by atoms with Crippen LogP contribution in [0.5, 0.6) is 5.75 Å².